The molecule has 0 saturated carbocycles. The lowest BCUT2D eigenvalue weighted by Crippen LogP contribution is -2.19. The molecule has 1 heteroatoms. The van der Waals surface area contributed by atoms with E-state index >= 15 is 0 Å². The third-order valence-electron chi connectivity index (χ3n) is 1.67. The van der Waals surface area contributed by atoms with Gasteiger partial charge in [0.1, 0.15) is 6.17 Å². The molecular weight excluding hydrogens is 151 g/mol. The van der Waals surface area contributed by atoms with Crippen molar-refractivity contribution in [3.8, 4) is 0 Å². The van der Waals surface area contributed by atoms with Crippen molar-refractivity contribution in [3.05, 3.63) is 0 Å². The van der Waals surface area contributed by atoms with Gasteiger partial charge in [0, 0.05) is 0 Å². The van der Waals surface area contributed by atoms with E-state index in [2.05, 4.69) is 41.5 Å². The molecule has 0 aromatic carbocycles. The average Bonchev–Trinajstić information content (AvgIpc) is 1.49. The molecule has 0 aromatic heterocycles. The average molecular weight is 174 g/mol. The van der Waals surface area contributed by atoms with Gasteiger partial charge in [-0.2, -0.15) is 0 Å². The Kier molecular flexibility index (Phi) is 3.74. The van der Waals surface area contributed by atoms with Crippen LogP contribution in [0, 0.1) is 10.8 Å². The number of hydrogen-bond acceptors (Lipinski definition) is 0. The molecule has 0 aliphatic carbocycles. The van der Waals surface area contributed by atoms with Crippen LogP contribution in [-0.4, -0.2) is 6.17 Å². The zero-order valence-electron chi connectivity index (χ0n) is 9.37. The highest BCUT2D eigenvalue weighted by molar-refractivity contribution is 4.73. The summed E-state index contributed by atoms with van der Waals surface area (Å²) in [6.45, 7) is 12.5. The molecule has 0 aliphatic rings. The SMILES string of the molecule is CC(C)(C)CC(F)CC(C)(C)C. The molecule has 74 valence electrons. The van der Waals surface area contributed by atoms with Crippen LogP contribution < -0.4 is 0 Å². The molecule has 0 fully saturated rings. The van der Waals surface area contributed by atoms with Crippen LogP contribution in [0.5, 0.6) is 0 Å². The van der Waals surface area contributed by atoms with Crippen molar-refractivity contribution in [1.29, 1.82) is 0 Å². The van der Waals surface area contributed by atoms with Gasteiger partial charge in [0.2, 0.25) is 0 Å². The minimum atomic E-state index is -0.648. The van der Waals surface area contributed by atoms with Gasteiger partial charge in [0.25, 0.3) is 0 Å². The second kappa shape index (κ2) is 3.76. The molecule has 0 spiro atoms. The number of alkyl halides is 1. The van der Waals surface area contributed by atoms with E-state index in [4.69, 9.17) is 0 Å². The molecule has 0 unspecified atom stereocenters. The molecule has 0 aliphatic heterocycles. The Morgan fingerprint density at radius 2 is 1.08 bits per heavy atom. The van der Waals surface area contributed by atoms with Gasteiger partial charge in [-0.3, -0.25) is 0 Å². The van der Waals surface area contributed by atoms with Crippen molar-refractivity contribution in [2.24, 2.45) is 10.8 Å². The Bertz CT molecular complexity index is 109. The van der Waals surface area contributed by atoms with Gasteiger partial charge in [-0.05, 0) is 23.7 Å². The zero-order chi connectivity index (χ0) is 9.99. The molecule has 0 saturated heterocycles. The second-order valence-electron chi connectivity index (χ2n) is 6.13. The minimum absolute atomic E-state index is 0.116. The summed E-state index contributed by atoms with van der Waals surface area (Å²) in [5.41, 5.74) is 0.231. The Labute approximate surface area is 76.6 Å². The van der Waals surface area contributed by atoms with E-state index in [0.717, 1.165) is 0 Å². The van der Waals surface area contributed by atoms with E-state index in [0.29, 0.717) is 12.8 Å². The van der Waals surface area contributed by atoms with Crippen molar-refractivity contribution in [2.75, 3.05) is 0 Å². The van der Waals surface area contributed by atoms with Crippen molar-refractivity contribution in [1.82, 2.24) is 0 Å². The highest BCUT2D eigenvalue weighted by atomic mass is 19.1. The summed E-state index contributed by atoms with van der Waals surface area (Å²) in [6, 6.07) is 0. The molecule has 0 N–H and O–H groups in total. The molecule has 0 heterocycles. The van der Waals surface area contributed by atoms with Gasteiger partial charge in [0.15, 0.2) is 0 Å². The predicted molar refractivity (Wildman–Crippen MR) is 53.0 cm³/mol. The molecule has 0 radical (unpaired) electrons. The first-order valence-electron chi connectivity index (χ1n) is 4.74. The maximum atomic E-state index is 13.4. The fourth-order valence-corrected chi connectivity index (χ4v) is 1.40. The topological polar surface area (TPSA) is 0 Å². The maximum Gasteiger partial charge on any atom is 0.101 e. The summed E-state index contributed by atoms with van der Waals surface area (Å²) in [5, 5.41) is 0. The fourth-order valence-electron chi connectivity index (χ4n) is 1.40. The Balaban J connectivity index is 3.83. The summed E-state index contributed by atoms with van der Waals surface area (Å²) in [5.74, 6) is 0. The minimum Gasteiger partial charge on any atom is -0.247 e. The lowest BCUT2D eigenvalue weighted by molar-refractivity contribution is 0.166. The maximum absolute atomic E-state index is 13.4. The first-order chi connectivity index (χ1) is 5.10. The Morgan fingerprint density at radius 3 is 1.25 bits per heavy atom. The van der Waals surface area contributed by atoms with Crippen molar-refractivity contribution >= 4 is 0 Å². The van der Waals surface area contributed by atoms with Gasteiger partial charge < -0.3 is 0 Å². The second-order valence-corrected chi connectivity index (χ2v) is 6.13. The molecule has 0 aromatic rings. The number of hydrogen-bond donors (Lipinski definition) is 0. The van der Waals surface area contributed by atoms with Crippen LogP contribution in [0.3, 0.4) is 0 Å². The molecule has 12 heavy (non-hydrogen) atoms. The monoisotopic (exact) mass is 174 g/mol. The summed E-state index contributed by atoms with van der Waals surface area (Å²) < 4.78 is 13.4. The summed E-state index contributed by atoms with van der Waals surface area (Å²) in [7, 11) is 0. The van der Waals surface area contributed by atoms with Gasteiger partial charge in [0.05, 0.1) is 0 Å². The van der Waals surface area contributed by atoms with Gasteiger partial charge in [-0.25, -0.2) is 4.39 Å². The fraction of sp³-hybridized carbons (Fsp3) is 1.00. The number of rotatable bonds is 2. The van der Waals surface area contributed by atoms with Crippen LogP contribution in [0.2, 0.25) is 0 Å². The quantitative estimate of drug-likeness (QED) is 0.588. The van der Waals surface area contributed by atoms with Crippen LogP contribution in [0.1, 0.15) is 54.4 Å². The largest absolute Gasteiger partial charge is 0.247 e. The first-order valence-corrected chi connectivity index (χ1v) is 4.74. The van der Waals surface area contributed by atoms with E-state index in [9.17, 15) is 4.39 Å². The molecule has 0 rings (SSSR count). The lowest BCUT2D eigenvalue weighted by Gasteiger charge is -2.26. The smallest absolute Gasteiger partial charge is 0.101 e. The molecule has 0 atom stereocenters. The third-order valence-corrected chi connectivity index (χ3v) is 1.67. The zero-order valence-corrected chi connectivity index (χ0v) is 9.37. The first kappa shape index (κ1) is 11.9. The molecular formula is C11H23F. The number of halogens is 1. The summed E-state index contributed by atoms with van der Waals surface area (Å²) >= 11 is 0. The van der Waals surface area contributed by atoms with Crippen LogP contribution in [0.25, 0.3) is 0 Å². The Hall–Kier alpha value is -0.0700. The van der Waals surface area contributed by atoms with E-state index in [-0.39, 0.29) is 10.8 Å². The molecule has 0 bridgehead atoms. The van der Waals surface area contributed by atoms with E-state index in [1.165, 1.54) is 0 Å². The van der Waals surface area contributed by atoms with Crippen LogP contribution >= 0.6 is 0 Å². The normalized spacial score (nSPS) is 14.0. The highest BCUT2D eigenvalue weighted by Crippen LogP contribution is 2.30. The highest BCUT2D eigenvalue weighted by Gasteiger charge is 2.23. The van der Waals surface area contributed by atoms with Crippen molar-refractivity contribution < 1.29 is 4.39 Å². The van der Waals surface area contributed by atoms with Gasteiger partial charge >= 0.3 is 0 Å². The third kappa shape index (κ3) is 8.03. The predicted octanol–water partition coefficient (Wildman–Crippen LogP) is 4.20. The summed E-state index contributed by atoms with van der Waals surface area (Å²) in [4.78, 5) is 0. The Morgan fingerprint density at radius 1 is 0.833 bits per heavy atom. The van der Waals surface area contributed by atoms with E-state index in [1.807, 2.05) is 0 Å². The summed E-state index contributed by atoms with van der Waals surface area (Å²) in [6.07, 6.45) is 0.694. The van der Waals surface area contributed by atoms with Crippen LogP contribution in [-0.2, 0) is 0 Å². The van der Waals surface area contributed by atoms with Crippen LogP contribution in [0.15, 0.2) is 0 Å². The van der Waals surface area contributed by atoms with Crippen molar-refractivity contribution in [3.63, 3.8) is 0 Å². The standard InChI is InChI=1S/C11H23F/c1-10(2,3)7-9(12)8-11(4,5)6/h9H,7-8H2,1-6H3. The van der Waals surface area contributed by atoms with Gasteiger partial charge in [-0.1, -0.05) is 41.5 Å². The van der Waals surface area contributed by atoms with E-state index < -0.39 is 6.17 Å². The van der Waals surface area contributed by atoms with Gasteiger partial charge in [-0.15, -0.1) is 0 Å². The molecule has 0 amide bonds. The van der Waals surface area contributed by atoms with E-state index in [1.54, 1.807) is 0 Å². The van der Waals surface area contributed by atoms with Crippen LogP contribution in [0.4, 0.5) is 4.39 Å². The molecule has 0 nitrogen and oxygen atoms in total. The van der Waals surface area contributed by atoms with Crippen molar-refractivity contribution in [2.45, 2.75) is 60.6 Å². The lowest BCUT2D eigenvalue weighted by atomic mass is 9.83.